The molecule has 0 aliphatic heterocycles. The summed E-state index contributed by atoms with van der Waals surface area (Å²) >= 11 is 1.78. The zero-order valence-electron chi connectivity index (χ0n) is 12.1. The number of thiophene rings is 1. The van der Waals surface area contributed by atoms with E-state index < -0.39 is 0 Å². The van der Waals surface area contributed by atoms with Crippen molar-refractivity contribution in [3.63, 3.8) is 0 Å². The number of nitrogens with zero attached hydrogens (tertiary/aromatic N) is 4. The van der Waals surface area contributed by atoms with Crippen molar-refractivity contribution in [2.75, 3.05) is 0 Å². The van der Waals surface area contributed by atoms with E-state index in [-0.39, 0.29) is 0 Å². The lowest BCUT2D eigenvalue weighted by molar-refractivity contribution is 0.710. The molecule has 4 aromatic heterocycles. The van der Waals surface area contributed by atoms with Crippen LogP contribution in [0.4, 0.5) is 0 Å². The maximum atomic E-state index is 4.54. The molecule has 4 aromatic rings. The molecule has 4 rings (SSSR count). The average Bonchev–Trinajstić information content (AvgIpc) is 3.15. The van der Waals surface area contributed by atoms with Crippen molar-refractivity contribution in [2.24, 2.45) is 0 Å². The van der Waals surface area contributed by atoms with Gasteiger partial charge in [-0.15, -0.1) is 11.3 Å². The summed E-state index contributed by atoms with van der Waals surface area (Å²) in [4.78, 5) is 11.2. The summed E-state index contributed by atoms with van der Waals surface area (Å²) in [5.74, 6) is 0. The van der Waals surface area contributed by atoms with Gasteiger partial charge in [0, 0.05) is 33.9 Å². The summed E-state index contributed by atoms with van der Waals surface area (Å²) in [6.07, 6.45) is 7.38. The Labute approximate surface area is 132 Å². The molecule has 0 aliphatic carbocycles. The van der Waals surface area contributed by atoms with E-state index in [0.717, 1.165) is 22.2 Å². The number of aromatic nitrogens is 4. The molecule has 0 bridgehead atoms. The average molecular weight is 306 g/mol. The second-order valence-corrected chi connectivity index (χ2v) is 6.49. The number of rotatable bonds is 3. The number of hydrogen-bond acceptors (Lipinski definition) is 4. The van der Waals surface area contributed by atoms with Gasteiger partial charge in [-0.05, 0) is 36.8 Å². The summed E-state index contributed by atoms with van der Waals surface area (Å²) in [5, 5.41) is 4.46. The van der Waals surface area contributed by atoms with Gasteiger partial charge in [-0.3, -0.25) is 14.6 Å². The third-order valence-electron chi connectivity index (χ3n) is 3.57. The molecule has 0 saturated carbocycles. The highest BCUT2D eigenvalue weighted by Gasteiger charge is 2.08. The Hall–Kier alpha value is -2.53. The Bertz CT molecular complexity index is 924. The zero-order chi connectivity index (χ0) is 14.9. The van der Waals surface area contributed by atoms with Gasteiger partial charge in [0.25, 0.3) is 0 Å². The van der Waals surface area contributed by atoms with Crippen LogP contribution in [0.3, 0.4) is 0 Å². The van der Waals surface area contributed by atoms with Gasteiger partial charge >= 0.3 is 0 Å². The third kappa shape index (κ3) is 2.40. The molecule has 22 heavy (non-hydrogen) atoms. The van der Waals surface area contributed by atoms with Crippen molar-refractivity contribution >= 4 is 22.4 Å². The van der Waals surface area contributed by atoms with E-state index >= 15 is 0 Å². The predicted octanol–water partition coefficient (Wildman–Crippen LogP) is 3.91. The normalized spacial score (nSPS) is 11.1. The minimum atomic E-state index is 0.700. The molecule has 0 radical (unpaired) electrons. The van der Waals surface area contributed by atoms with Crippen molar-refractivity contribution in [3.8, 4) is 10.4 Å². The fourth-order valence-electron chi connectivity index (χ4n) is 2.47. The molecule has 0 aliphatic rings. The first-order chi connectivity index (χ1) is 10.8. The van der Waals surface area contributed by atoms with E-state index in [0.29, 0.717) is 6.54 Å². The van der Waals surface area contributed by atoms with Crippen molar-refractivity contribution in [1.82, 2.24) is 19.7 Å². The van der Waals surface area contributed by atoms with Crippen LogP contribution in [0.25, 0.3) is 21.5 Å². The van der Waals surface area contributed by atoms with E-state index in [4.69, 9.17) is 0 Å². The Morgan fingerprint density at radius 3 is 2.86 bits per heavy atom. The zero-order valence-corrected chi connectivity index (χ0v) is 12.9. The fraction of sp³-hybridized carbons (Fsp3) is 0.118. The van der Waals surface area contributed by atoms with Crippen molar-refractivity contribution in [2.45, 2.75) is 13.5 Å². The van der Waals surface area contributed by atoms with Gasteiger partial charge in [-0.2, -0.15) is 5.10 Å². The van der Waals surface area contributed by atoms with Crippen molar-refractivity contribution in [1.29, 1.82) is 0 Å². The van der Waals surface area contributed by atoms with Gasteiger partial charge in [0.15, 0.2) is 0 Å². The van der Waals surface area contributed by atoms with E-state index in [1.54, 1.807) is 17.5 Å². The summed E-state index contributed by atoms with van der Waals surface area (Å²) in [5.41, 5.74) is 4.23. The smallest absolute Gasteiger partial charge is 0.108 e. The van der Waals surface area contributed by atoms with Gasteiger partial charge < -0.3 is 0 Å². The largest absolute Gasteiger partial charge is 0.264 e. The minimum absolute atomic E-state index is 0.700. The van der Waals surface area contributed by atoms with Crippen LogP contribution in [0.2, 0.25) is 0 Å². The molecule has 4 nitrogen and oxygen atoms in total. The first kappa shape index (κ1) is 13.2. The second kappa shape index (κ2) is 5.35. The van der Waals surface area contributed by atoms with E-state index in [1.807, 2.05) is 29.3 Å². The van der Waals surface area contributed by atoms with Crippen LogP contribution in [-0.4, -0.2) is 19.7 Å². The lowest BCUT2D eigenvalue weighted by atomic mass is 10.2. The van der Waals surface area contributed by atoms with E-state index in [9.17, 15) is 0 Å². The monoisotopic (exact) mass is 306 g/mol. The van der Waals surface area contributed by atoms with Crippen molar-refractivity contribution < 1.29 is 0 Å². The minimum Gasteiger partial charge on any atom is -0.264 e. The Morgan fingerprint density at radius 1 is 1.14 bits per heavy atom. The standard InChI is InChI=1S/C17H14N4S/c1-12-4-5-17(22-12)14-7-16-15(19-9-14)10-20-21(16)11-13-3-2-6-18-8-13/h2-10H,11H2,1H3. The van der Waals surface area contributed by atoms with Crippen LogP contribution in [0, 0.1) is 6.92 Å². The Kier molecular flexibility index (Phi) is 3.20. The fourth-order valence-corrected chi connectivity index (χ4v) is 3.32. The molecule has 0 saturated heterocycles. The molecule has 0 amide bonds. The highest BCUT2D eigenvalue weighted by atomic mass is 32.1. The lowest BCUT2D eigenvalue weighted by Gasteiger charge is -2.04. The number of aryl methyl sites for hydroxylation is 1. The predicted molar refractivity (Wildman–Crippen MR) is 88.9 cm³/mol. The van der Waals surface area contributed by atoms with Crippen LogP contribution >= 0.6 is 11.3 Å². The van der Waals surface area contributed by atoms with Crippen LogP contribution in [0.5, 0.6) is 0 Å². The summed E-state index contributed by atoms with van der Waals surface area (Å²) in [6, 6.07) is 10.4. The number of hydrogen-bond donors (Lipinski definition) is 0. The molecular weight excluding hydrogens is 292 g/mol. The van der Waals surface area contributed by atoms with Crippen LogP contribution in [-0.2, 0) is 6.54 Å². The SMILES string of the molecule is Cc1ccc(-c2cnc3cnn(Cc4cccnc4)c3c2)s1. The molecule has 0 N–H and O–H groups in total. The van der Waals surface area contributed by atoms with Gasteiger partial charge in [-0.1, -0.05) is 6.07 Å². The number of pyridine rings is 2. The van der Waals surface area contributed by atoms with Gasteiger partial charge in [0.1, 0.15) is 5.52 Å². The lowest BCUT2D eigenvalue weighted by Crippen LogP contribution is -2.01. The summed E-state index contributed by atoms with van der Waals surface area (Å²) in [7, 11) is 0. The first-order valence-corrected chi connectivity index (χ1v) is 7.88. The second-order valence-electron chi connectivity index (χ2n) is 5.20. The van der Waals surface area contributed by atoms with Crippen LogP contribution < -0.4 is 0 Å². The topological polar surface area (TPSA) is 43.6 Å². The Balaban J connectivity index is 1.76. The highest BCUT2D eigenvalue weighted by Crippen LogP contribution is 2.29. The number of fused-ring (bicyclic) bond motifs is 1. The molecule has 0 fully saturated rings. The van der Waals surface area contributed by atoms with Crippen molar-refractivity contribution in [3.05, 3.63) is 65.6 Å². The van der Waals surface area contributed by atoms with Crippen LogP contribution in [0.1, 0.15) is 10.4 Å². The molecule has 0 unspecified atom stereocenters. The summed E-state index contributed by atoms with van der Waals surface area (Å²) in [6.45, 7) is 2.82. The summed E-state index contributed by atoms with van der Waals surface area (Å²) < 4.78 is 1.98. The highest BCUT2D eigenvalue weighted by molar-refractivity contribution is 7.15. The molecule has 5 heteroatoms. The quantitative estimate of drug-likeness (QED) is 0.576. The van der Waals surface area contributed by atoms with Gasteiger partial charge in [0.2, 0.25) is 0 Å². The third-order valence-corrected chi connectivity index (χ3v) is 4.62. The first-order valence-electron chi connectivity index (χ1n) is 7.07. The maximum absolute atomic E-state index is 4.54. The molecular formula is C17H14N4S. The van der Waals surface area contributed by atoms with E-state index in [1.165, 1.54) is 9.75 Å². The van der Waals surface area contributed by atoms with E-state index in [2.05, 4.69) is 46.3 Å². The molecule has 108 valence electrons. The molecule has 0 spiro atoms. The molecule has 0 aromatic carbocycles. The molecule has 0 atom stereocenters. The van der Waals surface area contributed by atoms with Gasteiger partial charge in [-0.25, -0.2) is 0 Å². The molecule has 4 heterocycles. The van der Waals surface area contributed by atoms with Crippen LogP contribution in [0.15, 0.2) is 55.1 Å². The van der Waals surface area contributed by atoms with Gasteiger partial charge in [0.05, 0.1) is 18.3 Å². The maximum Gasteiger partial charge on any atom is 0.108 e. The Morgan fingerprint density at radius 2 is 2.09 bits per heavy atom.